The van der Waals surface area contributed by atoms with Crippen molar-refractivity contribution in [3.05, 3.63) is 68.9 Å². The number of nitrogens with zero attached hydrogens (tertiary/aromatic N) is 4. The number of piperidine rings is 1. The fourth-order valence-electron chi connectivity index (χ4n) is 4.10. The van der Waals surface area contributed by atoms with Crippen molar-refractivity contribution < 1.29 is 9.21 Å². The van der Waals surface area contributed by atoms with Crippen LogP contribution in [0.5, 0.6) is 0 Å². The number of thioether (sulfide) groups is 1. The van der Waals surface area contributed by atoms with E-state index >= 15 is 0 Å². The lowest BCUT2D eigenvalue weighted by Crippen LogP contribution is -2.33. The third-order valence-electron chi connectivity index (χ3n) is 5.76. The molecule has 0 aliphatic carbocycles. The fourth-order valence-corrected chi connectivity index (χ4v) is 5.34. The molecule has 5 rings (SSSR count). The average molecular weight is 467 g/mol. The summed E-state index contributed by atoms with van der Waals surface area (Å²) < 4.78 is 7.37. The van der Waals surface area contributed by atoms with Crippen molar-refractivity contribution in [3.63, 3.8) is 0 Å². The van der Waals surface area contributed by atoms with E-state index < -0.39 is 0 Å². The molecule has 2 fully saturated rings. The predicted molar refractivity (Wildman–Crippen MR) is 130 cm³/mol. The number of amides is 1. The highest BCUT2D eigenvalue weighted by molar-refractivity contribution is 8.26. The van der Waals surface area contributed by atoms with Crippen molar-refractivity contribution in [2.45, 2.75) is 32.7 Å². The van der Waals surface area contributed by atoms with Gasteiger partial charge in [0.1, 0.15) is 21.5 Å². The van der Waals surface area contributed by atoms with Crippen LogP contribution in [0.2, 0.25) is 0 Å². The Morgan fingerprint density at radius 3 is 2.75 bits per heavy atom. The Balaban J connectivity index is 1.60. The quantitative estimate of drug-likeness (QED) is 0.425. The zero-order valence-electron chi connectivity index (χ0n) is 17.6. The minimum absolute atomic E-state index is 0.185. The molecule has 7 nitrogen and oxygen atoms in total. The topological polar surface area (TPSA) is 71.1 Å². The van der Waals surface area contributed by atoms with Crippen LogP contribution in [-0.2, 0) is 11.3 Å². The van der Waals surface area contributed by atoms with Gasteiger partial charge < -0.3 is 9.32 Å². The molecule has 0 saturated carbocycles. The van der Waals surface area contributed by atoms with Gasteiger partial charge in [0.05, 0.1) is 23.3 Å². The summed E-state index contributed by atoms with van der Waals surface area (Å²) in [5.41, 5.74) is 1.81. The van der Waals surface area contributed by atoms with E-state index in [4.69, 9.17) is 21.6 Å². The lowest BCUT2D eigenvalue weighted by atomic mass is 10.1. The Morgan fingerprint density at radius 1 is 1.19 bits per heavy atom. The van der Waals surface area contributed by atoms with E-state index in [1.54, 1.807) is 35.1 Å². The second-order valence-electron chi connectivity index (χ2n) is 7.93. The third-order valence-corrected chi connectivity index (χ3v) is 7.14. The summed E-state index contributed by atoms with van der Waals surface area (Å²) in [5, 5.41) is 0. The van der Waals surface area contributed by atoms with Crippen LogP contribution in [0.3, 0.4) is 0 Å². The normalized spacial score (nSPS) is 18.3. The second-order valence-corrected chi connectivity index (χ2v) is 9.61. The van der Waals surface area contributed by atoms with Crippen molar-refractivity contribution in [1.29, 1.82) is 0 Å². The number of hydrogen-bond donors (Lipinski definition) is 0. The molecule has 0 bridgehead atoms. The third kappa shape index (κ3) is 3.75. The highest BCUT2D eigenvalue weighted by Crippen LogP contribution is 2.35. The van der Waals surface area contributed by atoms with Gasteiger partial charge in [0, 0.05) is 19.3 Å². The van der Waals surface area contributed by atoms with E-state index in [1.807, 2.05) is 19.1 Å². The van der Waals surface area contributed by atoms with Gasteiger partial charge in [-0.1, -0.05) is 30.0 Å². The molecule has 5 heterocycles. The van der Waals surface area contributed by atoms with Crippen molar-refractivity contribution in [1.82, 2.24) is 14.3 Å². The minimum Gasteiger partial charge on any atom is -0.467 e. The number of rotatable bonds is 4. The van der Waals surface area contributed by atoms with Gasteiger partial charge in [0.15, 0.2) is 0 Å². The first kappa shape index (κ1) is 21.0. The standard InChI is InChI=1S/C23H22N4O3S2/c1-15-7-5-11-26-19(15)24-20(25-9-3-2-4-10-25)17(21(26)28)13-18-22(29)27(23(31)32-18)14-16-8-6-12-30-16/h5-8,11-13H,2-4,9-10,14H2,1H3/b18-13+. The van der Waals surface area contributed by atoms with E-state index in [2.05, 4.69) is 4.90 Å². The first-order valence-corrected chi connectivity index (χ1v) is 11.8. The molecule has 0 aromatic carbocycles. The van der Waals surface area contributed by atoms with Gasteiger partial charge in [-0.25, -0.2) is 4.98 Å². The summed E-state index contributed by atoms with van der Waals surface area (Å²) in [5.74, 6) is 1.06. The molecule has 3 aromatic rings. The van der Waals surface area contributed by atoms with Gasteiger partial charge in [-0.2, -0.15) is 0 Å². The maximum atomic E-state index is 13.5. The van der Waals surface area contributed by atoms with E-state index in [-0.39, 0.29) is 18.0 Å². The Kier molecular flexibility index (Phi) is 5.60. The van der Waals surface area contributed by atoms with E-state index in [9.17, 15) is 9.59 Å². The van der Waals surface area contributed by atoms with Crippen LogP contribution in [0.1, 0.15) is 36.1 Å². The summed E-state index contributed by atoms with van der Waals surface area (Å²) in [6.45, 7) is 3.90. The Bertz CT molecular complexity index is 1290. The van der Waals surface area contributed by atoms with Gasteiger partial charge in [-0.05, 0) is 56.0 Å². The molecule has 2 aliphatic rings. The van der Waals surface area contributed by atoms with Crippen LogP contribution in [0.4, 0.5) is 5.82 Å². The van der Waals surface area contributed by atoms with Gasteiger partial charge in [-0.3, -0.25) is 18.9 Å². The molecule has 164 valence electrons. The molecule has 0 N–H and O–H groups in total. The Hall–Kier alpha value is -2.91. The van der Waals surface area contributed by atoms with Crippen LogP contribution >= 0.6 is 24.0 Å². The molecule has 1 amide bonds. The van der Waals surface area contributed by atoms with Crippen LogP contribution in [-0.4, -0.2) is 37.6 Å². The number of carbonyl (C=O) groups is 1. The number of thiocarbonyl (C=S) groups is 1. The molecule has 0 radical (unpaired) electrons. The SMILES string of the molecule is Cc1cccn2c(=O)c(/C=C3/SC(=S)N(Cc4ccco4)C3=O)c(N3CCCCC3)nc12. The number of carbonyl (C=O) groups excluding carboxylic acids is 1. The average Bonchev–Trinajstić information content (AvgIpc) is 3.41. The second kappa shape index (κ2) is 8.55. The Morgan fingerprint density at radius 2 is 2.00 bits per heavy atom. The number of fused-ring (bicyclic) bond motifs is 1. The molecular weight excluding hydrogens is 444 g/mol. The summed E-state index contributed by atoms with van der Waals surface area (Å²) in [6.07, 6.45) is 8.23. The predicted octanol–water partition coefficient (Wildman–Crippen LogP) is 3.99. The highest BCUT2D eigenvalue weighted by atomic mass is 32.2. The van der Waals surface area contributed by atoms with Crippen LogP contribution in [0, 0.1) is 6.92 Å². The number of pyridine rings is 1. The lowest BCUT2D eigenvalue weighted by molar-refractivity contribution is -0.122. The van der Waals surface area contributed by atoms with Crippen LogP contribution in [0.25, 0.3) is 11.7 Å². The van der Waals surface area contributed by atoms with E-state index in [0.717, 1.165) is 31.5 Å². The lowest BCUT2D eigenvalue weighted by Gasteiger charge is -2.29. The fraction of sp³-hybridized carbons (Fsp3) is 0.304. The highest BCUT2D eigenvalue weighted by Gasteiger charge is 2.33. The number of hydrogen-bond acceptors (Lipinski definition) is 7. The van der Waals surface area contributed by atoms with E-state index in [0.29, 0.717) is 32.0 Å². The molecule has 0 spiro atoms. The number of aromatic nitrogens is 2. The molecule has 0 atom stereocenters. The van der Waals surface area contributed by atoms with Crippen molar-refractivity contribution in [3.8, 4) is 0 Å². The first-order valence-electron chi connectivity index (χ1n) is 10.6. The largest absolute Gasteiger partial charge is 0.467 e. The maximum Gasteiger partial charge on any atom is 0.267 e. The molecular formula is C23H22N4O3S2. The first-order chi connectivity index (χ1) is 15.5. The van der Waals surface area contributed by atoms with Crippen molar-refractivity contribution in [2.75, 3.05) is 18.0 Å². The summed E-state index contributed by atoms with van der Waals surface area (Å²) in [7, 11) is 0. The maximum absolute atomic E-state index is 13.5. The van der Waals surface area contributed by atoms with Gasteiger partial charge in [-0.15, -0.1) is 0 Å². The number of anilines is 1. The van der Waals surface area contributed by atoms with Crippen molar-refractivity contribution in [2.24, 2.45) is 0 Å². The molecule has 32 heavy (non-hydrogen) atoms. The van der Waals surface area contributed by atoms with Gasteiger partial charge in [0.25, 0.3) is 11.5 Å². The summed E-state index contributed by atoms with van der Waals surface area (Å²) >= 11 is 6.65. The zero-order chi connectivity index (χ0) is 22.2. The van der Waals surface area contributed by atoms with Gasteiger partial charge in [0.2, 0.25) is 0 Å². The minimum atomic E-state index is -0.227. The smallest absolute Gasteiger partial charge is 0.267 e. The van der Waals surface area contributed by atoms with Crippen LogP contribution < -0.4 is 10.5 Å². The zero-order valence-corrected chi connectivity index (χ0v) is 19.2. The van der Waals surface area contributed by atoms with Crippen LogP contribution in [0.15, 0.2) is 50.8 Å². The molecule has 3 aromatic heterocycles. The van der Waals surface area contributed by atoms with Gasteiger partial charge >= 0.3 is 0 Å². The molecule has 2 saturated heterocycles. The number of furan rings is 1. The number of aryl methyl sites for hydroxylation is 1. The Labute approximate surface area is 194 Å². The molecule has 9 heteroatoms. The monoisotopic (exact) mass is 466 g/mol. The molecule has 0 unspecified atom stereocenters. The van der Waals surface area contributed by atoms with E-state index in [1.165, 1.54) is 23.1 Å². The molecule has 2 aliphatic heterocycles. The summed E-state index contributed by atoms with van der Waals surface area (Å²) in [6, 6.07) is 7.36. The van der Waals surface area contributed by atoms with Crippen molar-refractivity contribution >= 4 is 51.7 Å². The summed E-state index contributed by atoms with van der Waals surface area (Å²) in [4.78, 5) is 35.6.